The second-order valence-electron chi connectivity index (χ2n) is 8.15. The average Bonchev–Trinajstić information content (AvgIpc) is 3.60. The molecule has 34 heavy (non-hydrogen) atoms. The van der Waals surface area contributed by atoms with Crippen LogP contribution in [-0.2, 0) is 4.79 Å². The van der Waals surface area contributed by atoms with Gasteiger partial charge in [-0.1, -0.05) is 19.4 Å². The van der Waals surface area contributed by atoms with E-state index in [-0.39, 0.29) is 23.6 Å². The fourth-order valence-corrected chi connectivity index (χ4v) is 4.33. The molecule has 0 spiro atoms. The largest absolute Gasteiger partial charge is 0.383 e. The van der Waals surface area contributed by atoms with E-state index < -0.39 is 0 Å². The van der Waals surface area contributed by atoms with Crippen LogP contribution in [0.2, 0.25) is 0 Å². The van der Waals surface area contributed by atoms with Crippen LogP contribution in [0.5, 0.6) is 0 Å². The molecule has 1 aliphatic heterocycles. The Morgan fingerprint density at radius 2 is 2.15 bits per heavy atom. The van der Waals surface area contributed by atoms with Crippen LogP contribution in [0.4, 0.5) is 5.82 Å². The second kappa shape index (κ2) is 8.48. The first-order valence-electron chi connectivity index (χ1n) is 11.1. The Balaban J connectivity index is 1.65. The van der Waals surface area contributed by atoms with E-state index >= 15 is 0 Å². The molecule has 4 aromatic heterocycles. The summed E-state index contributed by atoms with van der Waals surface area (Å²) < 4.78 is 3.55. The lowest BCUT2D eigenvalue weighted by atomic mass is 10.1. The summed E-state index contributed by atoms with van der Waals surface area (Å²) in [6.45, 7) is 6.43. The van der Waals surface area contributed by atoms with Gasteiger partial charge in [0.2, 0.25) is 5.91 Å². The normalized spacial score (nSPS) is 15.4. The number of hydrogen-bond acceptors (Lipinski definition) is 6. The number of ketones is 1. The number of anilines is 1. The molecule has 170 valence electrons. The summed E-state index contributed by atoms with van der Waals surface area (Å²) in [7, 11) is 0. The Labute approximate surface area is 195 Å². The number of Topliss-reactive ketones (excluding diaryl/α,β-unsaturated/α-hetero) is 1. The van der Waals surface area contributed by atoms with Crippen molar-refractivity contribution in [1.29, 1.82) is 0 Å². The molecule has 0 radical (unpaired) electrons. The summed E-state index contributed by atoms with van der Waals surface area (Å²) in [4.78, 5) is 30.9. The molecule has 1 saturated heterocycles. The van der Waals surface area contributed by atoms with Gasteiger partial charge in [0, 0.05) is 43.7 Å². The summed E-state index contributed by atoms with van der Waals surface area (Å²) >= 11 is 0. The van der Waals surface area contributed by atoms with Gasteiger partial charge < -0.3 is 10.6 Å². The lowest BCUT2D eigenvalue weighted by Gasteiger charge is -2.16. The lowest BCUT2D eigenvalue weighted by Crippen LogP contribution is -2.27. The number of aromatic nitrogens is 5. The zero-order chi connectivity index (χ0) is 23.8. The van der Waals surface area contributed by atoms with Crippen molar-refractivity contribution in [3.63, 3.8) is 0 Å². The van der Waals surface area contributed by atoms with E-state index in [0.717, 1.165) is 11.1 Å². The van der Waals surface area contributed by atoms with Gasteiger partial charge in [-0.05, 0) is 36.6 Å². The van der Waals surface area contributed by atoms with Gasteiger partial charge in [-0.15, -0.1) is 0 Å². The number of nitrogens with two attached hydrogens (primary N) is 1. The first-order valence-corrected chi connectivity index (χ1v) is 11.1. The smallest absolute Gasteiger partial charge is 0.246 e. The molecule has 1 atom stereocenters. The topological polar surface area (TPSA) is 111 Å². The van der Waals surface area contributed by atoms with E-state index in [1.165, 1.54) is 12.3 Å². The Morgan fingerprint density at radius 1 is 1.29 bits per heavy atom. The predicted octanol–water partition coefficient (Wildman–Crippen LogP) is 2.61. The first-order chi connectivity index (χ1) is 16.5. The van der Waals surface area contributed by atoms with Gasteiger partial charge >= 0.3 is 0 Å². The Bertz CT molecular complexity index is 1520. The number of fused-ring (bicyclic) bond motifs is 2. The Hall–Kier alpha value is -4.45. The average molecular weight is 454 g/mol. The van der Waals surface area contributed by atoms with Crippen LogP contribution in [0, 0.1) is 11.8 Å². The highest BCUT2D eigenvalue weighted by atomic mass is 16.2. The highest BCUT2D eigenvalue weighted by molar-refractivity contribution is 6.09. The minimum Gasteiger partial charge on any atom is -0.383 e. The fraction of sp³-hybridized carbons (Fsp3) is 0.240. The number of rotatable bonds is 4. The molecule has 0 unspecified atom stereocenters. The zero-order valence-electron chi connectivity index (χ0n) is 18.7. The van der Waals surface area contributed by atoms with Crippen molar-refractivity contribution < 1.29 is 9.59 Å². The molecule has 9 nitrogen and oxygen atoms in total. The third kappa shape index (κ3) is 3.59. The molecule has 1 amide bonds. The summed E-state index contributed by atoms with van der Waals surface area (Å²) in [6, 6.07) is 5.64. The molecule has 0 bridgehead atoms. The van der Waals surface area contributed by atoms with Crippen molar-refractivity contribution in [3.8, 4) is 11.8 Å². The first kappa shape index (κ1) is 21.4. The third-order valence-electron chi connectivity index (χ3n) is 6.09. The zero-order valence-corrected chi connectivity index (χ0v) is 18.7. The van der Waals surface area contributed by atoms with Crippen molar-refractivity contribution in [1.82, 2.24) is 29.3 Å². The van der Waals surface area contributed by atoms with E-state index in [9.17, 15) is 9.59 Å². The predicted molar refractivity (Wildman–Crippen MR) is 128 cm³/mol. The quantitative estimate of drug-likeness (QED) is 0.289. The number of carbonyl (C=O) groups is 2. The summed E-state index contributed by atoms with van der Waals surface area (Å²) in [5.41, 5.74) is 9.51. The monoisotopic (exact) mass is 453 g/mol. The molecule has 1 aliphatic rings. The SMILES string of the molecule is C=CC(=O)N1CC[C@H](n2nc(C#Cc3ccc4ccnn4c3)c3c(N)ncc(C(=O)CC)c32)C1. The van der Waals surface area contributed by atoms with Gasteiger partial charge in [0.05, 0.1) is 28.0 Å². The molecule has 0 aliphatic carbocycles. The highest BCUT2D eigenvalue weighted by Crippen LogP contribution is 2.32. The van der Waals surface area contributed by atoms with Crippen molar-refractivity contribution in [2.45, 2.75) is 25.8 Å². The molecule has 2 N–H and O–H groups in total. The maximum Gasteiger partial charge on any atom is 0.246 e. The molecule has 9 heteroatoms. The molecule has 1 fully saturated rings. The molecular formula is C25H23N7O2. The van der Waals surface area contributed by atoms with E-state index in [0.29, 0.717) is 48.1 Å². The van der Waals surface area contributed by atoms with Crippen molar-refractivity contribution >= 4 is 33.9 Å². The van der Waals surface area contributed by atoms with E-state index in [4.69, 9.17) is 10.8 Å². The molecule has 5 rings (SSSR count). The number of hydrogen-bond donors (Lipinski definition) is 1. The van der Waals surface area contributed by atoms with Crippen LogP contribution < -0.4 is 5.73 Å². The van der Waals surface area contributed by atoms with E-state index in [1.54, 1.807) is 27.2 Å². The van der Waals surface area contributed by atoms with Crippen molar-refractivity contribution in [3.05, 3.63) is 66.3 Å². The van der Waals surface area contributed by atoms with Gasteiger partial charge in [0.15, 0.2) is 5.78 Å². The lowest BCUT2D eigenvalue weighted by molar-refractivity contribution is -0.125. The summed E-state index contributed by atoms with van der Waals surface area (Å²) in [6.07, 6.45) is 7.40. The maximum atomic E-state index is 12.8. The van der Waals surface area contributed by atoms with Gasteiger partial charge in [0.1, 0.15) is 11.5 Å². The summed E-state index contributed by atoms with van der Waals surface area (Å²) in [5, 5.41) is 9.58. The molecule has 5 heterocycles. The number of nitrogen functional groups attached to an aromatic ring is 1. The van der Waals surface area contributed by atoms with Crippen LogP contribution in [0.25, 0.3) is 16.4 Å². The minimum atomic E-state index is -0.126. The van der Waals surface area contributed by atoms with E-state index in [1.807, 2.05) is 24.4 Å². The second-order valence-corrected chi connectivity index (χ2v) is 8.15. The Kier molecular flexibility index (Phi) is 5.34. The van der Waals surface area contributed by atoms with Crippen LogP contribution in [0.1, 0.15) is 47.4 Å². The van der Waals surface area contributed by atoms with Crippen molar-refractivity contribution in [2.24, 2.45) is 0 Å². The van der Waals surface area contributed by atoms with E-state index in [2.05, 4.69) is 28.5 Å². The number of nitrogens with zero attached hydrogens (tertiary/aromatic N) is 6. The van der Waals surface area contributed by atoms with Crippen LogP contribution in [0.15, 0.2) is 49.4 Å². The van der Waals surface area contributed by atoms with Gasteiger partial charge in [-0.3, -0.25) is 14.3 Å². The molecule has 4 aromatic rings. The maximum absolute atomic E-state index is 12.8. The highest BCUT2D eigenvalue weighted by Gasteiger charge is 2.30. The minimum absolute atomic E-state index is 0.0562. The fourth-order valence-electron chi connectivity index (χ4n) is 4.33. The number of carbonyl (C=O) groups excluding carboxylic acids is 2. The molecule has 0 aromatic carbocycles. The number of pyridine rings is 2. The Morgan fingerprint density at radius 3 is 2.94 bits per heavy atom. The van der Waals surface area contributed by atoms with Crippen molar-refractivity contribution in [2.75, 3.05) is 18.8 Å². The standard InChI is InChI=1S/C25H23N7O2/c1-3-21(33)19-13-27-25(26)23-20(8-6-16-5-7-17-9-11-28-31(17)14-16)29-32(24(19)23)18-10-12-30(15-18)22(34)4-2/h4-5,7,9,11,13-14,18H,2-3,10,12,15H2,1H3,(H2,26,27)/t18-/m0/s1. The number of amides is 1. The van der Waals surface area contributed by atoms with Crippen LogP contribution in [0.3, 0.4) is 0 Å². The third-order valence-corrected chi connectivity index (χ3v) is 6.09. The van der Waals surface area contributed by atoms with Gasteiger partial charge in [-0.25, -0.2) is 9.50 Å². The van der Waals surface area contributed by atoms with Crippen LogP contribution in [-0.4, -0.2) is 54.1 Å². The number of likely N-dealkylation sites (tertiary alicyclic amines) is 1. The van der Waals surface area contributed by atoms with Crippen LogP contribution >= 0.6 is 0 Å². The summed E-state index contributed by atoms with van der Waals surface area (Å²) in [5.74, 6) is 6.34. The van der Waals surface area contributed by atoms with Gasteiger partial charge in [0.25, 0.3) is 0 Å². The van der Waals surface area contributed by atoms with Gasteiger partial charge in [-0.2, -0.15) is 10.2 Å². The molecule has 0 saturated carbocycles. The molecular weight excluding hydrogens is 430 g/mol.